The summed E-state index contributed by atoms with van der Waals surface area (Å²) in [6, 6.07) is 15.5. The number of aryl methyl sites for hydroxylation is 1. The number of ether oxygens (including phenoxy) is 2. The average Bonchev–Trinajstić information content (AvgIpc) is 3.07. The molecule has 4 rings (SSSR count). The van der Waals surface area contributed by atoms with Crippen LogP contribution in [0.1, 0.15) is 5.56 Å². The molecule has 0 aliphatic carbocycles. The molecule has 2 aromatic heterocycles. The number of methoxy groups -OCH3 is 2. The number of phenolic OH excluding ortho intramolecular Hbond substituents is 1. The molecule has 2 N–H and O–H groups in total. The second-order valence-electron chi connectivity index (χ2n) is 6.60. The van der Waals surface area contributed by atoms with Crippen molar-refractivity contribution in [3.05, 3.63) is 64.8 Å². The largest absolute Gasteiger partial charge is 0.502 e. The van der Waals surface area contributed by atoms with Gasteiger partial charge in [-0.2, -0.15) is 0 Å². The third-order valence-corrected chi connectivity index (χ3v) is 5.17. The maximum absolute atomic E-state index is 10.3. The van der Waals surface area contributed by atoms with Crippen molar-refractivity contribution in [1.29, 1.82) is 0 Å². The zero-order valence-electron chi connectivity index (χ0n) is 16.2. The Labute approximate surface area is 176 Å². The summed E-state index contributed by atoms with van der Waals surface area (Å²) in [7, 11) is 3.01. The predicted molar refractivity (Wildman–Crippen MR) is 118 cm³/mol. The number of pyridine rings is 1. The van der Waals surface area contributed by atoms with Gasteiger partial charge in [-0.05, 0) is 61.0 Å². The molecule has 0 bridgehead atoms. The van der Waals surface area contributed by atoms with E-state index in [-0.39, 0.29) is 5.75 Å². The van der Waals surface area contributed by atoms with Crippen LogP contribution < -0.4 is 14.8 Å². The molecule has 6 nitrogen and oxygen atoms in total. The number of anilines is 2. The van der Waals surface area contributed by atoms with Crippen LogP contribution in [0.3, 0.4) is 0 Å². The van der Waals surface area contributed by atoms with Crippen LogP contribution in [-0.4, -0.2) is 28.7 Å². The number of benzene rings is 2. The maximum atomic E-state index is 10.3. The van der Waals surface area contributed by atoms with Crippen LogP contribution in [0.4, 0.5) is 11.5 Å². The highest BCUT2D eigenvalue weighted by atomic mass is 79.9. The van der Waals surface area contributed by atoms with Crippen molar-refractivity contribution < 1.29 is 14.6 Å². The van der Waals surface area contributed by atoms with Crippen LogP contribution in [0.15, 0.2) is 59.2 Å². The van der Waals surface area contributed by atoms with Gasteiger partial charge in [0.15, 0.2) is 11.5 Å². The van der Waals surface area contributed by atoms with Crippen molar-refractivity contribution in [2.45, 2.75) is 6.92 Å². The van der Waals surface area contributed by atoms with E-state index in [1.165, 1.54) is 14.2 Å². The lowest BCUT2D eigenvalue weighted by atomic mass is 10.1. The normalized spacial score (nSPS) is 10.9. The van der Waals surface area contributed by atoms with Crippen LogP contribution in [0, 0.1) is 6.92 Å². The molecule has 0 saturated carbocycles. The van der Waals surface area contributed by atoms with Crippen LogP contribution in [0.2, 0.25) is 0 Å². The van der Waals surface area contributed by atoms with Gasteiger partial charge >= 0.3 is 0 Å². The van der Waals surface area contributed by atoms with Crippen molar-refractivity contribution in [1.82, 2.24) is 9.38 Å². The maximum Gasteiger partial charge on any atom is 0.200 e. The Hall–Kier alpha value is -3.19. The minimum absolute atomic E-state index is 0.0409. The topological polar surface area (TPSA) is 68.0 Å². The van der Waals surface area contributed by atoms with E-state index >= 15 is 0 Å². The first-order valence-electron chi connectivity index (χ1n) is 8.97. The number of rotatable bonds is 5. The standard InChI is InChI=1S/C22H20BrN3O3/c1-13-8-9-26-19(10-13)25-20(22(26)24-16-6-4-15(23)5-7-16)14-11-17(28-2)21(27)18(12-14)29-3/h4-12,24,27H,1-3H3. The van der Waals surface area contributed by atoms with Crippen LogP contribution in [-0.2, 0) is 0 Å². The fourth-order valence-corrected chi connectivity index (χ4v) is 3.43. The minimum Gasteiger partial charge on any atom is -0.502 e. The summed E-state index contributed by atoms with van der Waals surface area (Å²) >= 11 is 3.46. The molecule has 7 heteroatoms. The highest BCUT2D eigenvalue weighted by molar-refractivity contribution is 9.10. The Morgan fingerprint density at radius 2 is 1.66 bits per heavy atom. The van der Waals surface area contributed by atoms with E-state index in [2.05, 4.69) is 21.2 Å². The van der Waals surface area contributed by atoms with E-state index in [4.69, 9.17) is 14.5 Å². The summed E-state index contributed by atoms with van der Waals surface area (Å²) in [5.41, 5.74) is 4.33. The molecular weight excluding hydrogens is 434 g/mol. The van der Waals surface area contributed by atoms with E-state index in [0.717, 1.165) is 38.4 Å². The van der Waals surface area contributed by atoms with E-state index < -0.39 is 0 Å². The van der Waals surface area contributed by atoms with Gasteiger partial charge in [0, 0.05) is 21.9 Å². The molecule has 0 atom stereocenters. The lowest BCUT2D eigenvalue weighted by Gasteiger charge is -2.12. The summed E-state index contributed by atoms with van der Waals surface area (Å²) in [6.45, 7) is 2.03. The van der Waals surface area contributed by atoms with Crippen LogP contribution in [0.5, 0.6) is 17.2 Å². The Morgan fingerprint density at radius 3 is 2.28 bits per heavy atom. The summed E-state index contributed by atoms with van der Waals surface area (Å²) in [4.78, 5) is 4.84. The van der Waals surface area contributed by atoms with Crippen molar-refractivity contribution in [3.63, 3.8) is 0 Å². The predicted octanol–water partition coefficient (Wildman–Crippen LogP) is 5.54. The van der Waals surface area contributed by atoms with Gasteiger partial charge in [-0.3, -0.25) is 4.40 Å². The molecule has 0 saturated heterocycles. The number of imidazole rings is 1. The van der Waals surface area contributed by atoms with E-state index in [0.29, 0.717) is 11.5 Å². The van der Waals surface area contributed by atoms with E-state index in [1.54, 1.807) is 12.1 Å². The smallest absolute Gasteiger partial charge is 0.200 e. The first kappa shape index (κ1) is 19.1. The molecule has 0 aliphatic rings. The Bertz CT molecular complexity index is 1160. The Kier molecular flexibility index (Phi) is 5.07. The second-order valence-corrected chi connectivity index (χ2v) is 7.52. The monoisotopic (exact) mass is 453 g/mol. The summed E-state index contributed by atoms with van der Waals surface area (Å²) in [6.07, 6.45) is 1.98. The summed E-state index contributed by atoms with van der Waals surface area (Å²) in [5.74, 6) is 1.40. The van der Waals surface area contributed by atoms with Crippen molar-refractivity contribution >= 4 is 33.1 Å². The van der Waals surface area contributed by atoms with Gasteiger partial charge in [-0.15, -0.1) is 0 Å². The highest BCUT2D eigenvalue weighted by Gasteiger charge is 2.19. The molecule has 148 valence electrons. The Morgan fingerprint density at radius 1 is 1.00 bits per heavy atom. The molecule has 0 spiro atoms. The lowest BCUT2D eigenvalue weighted by Crippen LogP contribution is -1.97. The molecule has 0 aliphatic heterocycles. The third-order valence-electron chi connectivity index (χ3n) is 4.64. The van der Waals surface area contributed by atoms with Gasteiger partial charge in [0.25, 0.3) is 0 Å². The number of hydrogen-bond acceptors (Lipinski definition) is 5. The number of phenols is 1. The van der Waals surface area contributed by atoms with E-state index in [1.807, 2.05) is 53.9 Å². The molecular formula is C22H20BrN3O3. The molecule has 29 heavy (non-hydrogen) atoms. The average molecular weight is 454 g/mol. The third kappa shape index (κ3) is 3.61. The lowest BCUT2D eigenvalue weighted by molar-refractivity contribution is 0.340. The number of halogens is 1. The summed E-state index contributed by atoms with van der Waals surface area (Å²) < 4.78 is 13.6. The molecule has 2 aromatic carbocycles. The molecule has 0 radical (unpaired) electrons. The van der Waals surface area contributed by atoms with Gasteiger partial charge in [-0.1, -0.05) is 15.9 Å². The second kappa shape index (κ2) is 7.67. The van der Waals surface area contributed by atoms with Gasteiger partial charge in [0.2, 0.25) is 5.75 Å². The molecule has 0 amide bonds. The summed E-state index contributed by atoms with van der Waals surface area (Å²) in [5, 5.41) is 13.7. The fourth-order valence-electron chi connectivity index (χ4n) is 3.17. The zero-order chi connectivity index (χ0) is 20.5. The number of nitrogens with one attached hydrogen (secondary N) is 1. The van der Waals surface area contributed by atoms with Crippen molar-refractivity contribution in [3.8, 4) is 28.5 Å². The molecule has 0 fully saturated rings. The van der Waals surface area contributed by atoms with Gasteiger partial charge < -0.3 is 19.9 Å². The van der Waals surface area contributed by atoms with Gasteiger partial charge in [0.05, 0.1) is 14.2 Å². The van der Waals surface area contributed by atoms with Gasteiger partial charge in [0.1, 0.15) is 17.2 Å². The SMILES string of the molecule is COc1cc(-c2nc3cc(C)ccn3c2Nc2ccc(Br)cc2)cc(OC)c1O. The van der Waals surface area contributed by atoms with Crippen molar-refractivity contribution in [2.24, 2.45) is 0 Å². The number of aromatic hydroxyl groups is 1. The quantitative estimate of drug-likeness (QED) is 0.415. The molecule has 4 aromatic rings. The Balaban J connectivity index is 1.93. The number of nitrogens with zero attached hydrogens (tertiary/aromatic N) is 2. The van der Waals surface area contributed by atoms with Crippen LogP contribution >= 0.6 is 15.9 Å². The minimum atomic E-state index is -0.0409. The number of fused-ring (bicyclic) bond motifs is 1. The fraction of sp³-hybridized carbons (Fsp3) is 0.136. The van der Waals surface area contributed by atoms with Crippen LogP contribution in [0.25, 0.3) is 16.9 Å². The molecule has 0 unspecified atom stereocenters. The first-order valence-corrected chi connectivity index (χ1v) is 9.76. The first-order chi connectivity index (χ1) is 14.0. The zero-order valence-corrected chi connectivity index (χ0v) is 17.8. The number of aromatic nitrogens is 2. The van der Waals surface area contributed by atoms with Gasteiger partial charge in [-0.25, -0.2) is 4.98 Å². The molecule has 2 heterocycles. The van der Waals surface area contributed by atoms with Crippen molar-refractivity contribution in [2.75, 3.05) is 19.5 Å². The number of hydrogen-bond donors (Lipinski definition) is 2. The highest BCUT2D eigenvalue weighted by Crippen LogP contribution is 2.42. The van der Waals surface area contributed by atoms with E-state index in [9.17, 15) is 5.11 Å².